The summed E-state index contributed by atoms with van der Waals surface area (Å²) in [5.41, 5.74) is 7.41. The highest BCUT2D eigenvalue weighted by atomic mass is 16.2. The molecule has 15 nitrogen and oxygen atoms in total. The normalized spacial score (nSPS) is 20.4. The van der Waals surface area contributed by atoms with E-state index in [4.69, 9.17) is 0 Å². The Bertz CT molecular complexity index is 2860. The first kappa shape index (κ1) is 64.0. The van der Waals surface area contributed by atoms with Crippen LogP contribution in [0, 0.1) is 23.7 Å². The fraction of sp³-hybridized carbons (Fsp3) is 0.562. The molecular formula is C73H95N7O8. The Labute approximate surface area is 521 Å². The molecule has 0 unspecified atom stereocenters. The van der Waals surface area contributed by atoms with E-state index in [1.807, 2.05) is 88.9 Å². The van der Waals surface area contributed by atoms with Gasteiger partial charge in [0.25, 0.3) is 5.91 Å². The van der Waals surface area contributed by atoms with Crippen molar-refractivity contribution in [3.63, 3.8) is 0 Å². The average Bonchev–Trinajstić information content (AvgIpc) is 3.97. The molecule has 2 saturated carbocycles. The number of benzene rings is 4. The van der Waals surface area contributed by atoms with Crippen molar-refractivity contribution in [1.29, 1.82) is 0 Å². The topological polar surface area (TPSA) is 186 Å². The van der Waals surface area contributed by atoms with Crippen LogP contribution < -0.4 is 16.0 Å². The summed E-state index contributed by atoms with van der Waals surface area (Å²) in [7, 11) is 1.78. The SMILES string of the molecule is CC[C@@H](C)C(=O)N[C@H](C(=O)N1CCC[C@H]1CN(C(=O)CCC(=O)c1ccc(-c2ccc(C(=O)NCC(=O)N(C[C@@H]3CCCN3C(=O)[C@@H](CC(=O)[C@H](C)NC)C3CCCCC3)C3Cc4ccccc4C3)cc2)cc1)C1Cc2ccccc2C1)C1CCCCC1. The molecule has 6 amide bonds. The predicted molar refractivity (Wildman–Crippen MR) is 342 cm³/mol. The van der Waals surface area contributed by atoms with Crippen LogP contribution in [0.4, 0.5) is 0 Å². The van der Waals surface area contributed by atoms with Crippen LogP contribution in [0.15, 0.2) is 97.1 Å². The van der Waals surface area contributed by atoms with Crippen LogP contribution >= 0.6 is 0 Å². The first-order valence-electron chi connectivity index (χ1n) is 33.5. The first-order valence-corrected chi connectivity index (χ1v) is 33.5. The van der Waals surface area contributed by atoms with Gasteiger partial charge in [0.05, 0.1) is 12.6 Å². The van der Waals surface area contributed by atoms with Crippen LogP contribution in [0.3, 0.4) is 0 Å². The van der Waals surface area contributed by atoms with Gasteiger partial charge in [-0.1, -0.05) is 137 Å². The summed E-state index contributed by atoms with van der Waals surface area (Å²) in [4.78, 5) is 121. The molecule has 6 aliphatic rings. The summed E-state index contributed by atoms with van der Waals surface area (Å²) < 4.78 is 0. The highest BCUT2D eigenvalue weighted by Gasteiger charge is 2.43. The molecule has 0 radical (unpaired) electrons. The molecule has 4 fully saturated rings. The molecule has 2 aliphatic heterocycles. The molecule has 0 bridgehead atoms. The zero-order chi connectivity index (χ0) is 61.8. The monoisotopic (exact) mass is 1200 g/mol. The molecule has 470 valence electrons. The summed E-state index contributed by atoms with van der Waals surface area (Å²) in [5.74, 6) is -1.16. The average molecular weight is 1200 g/mol. The maximum Gasteiger partial charge on any atom is 0.251 e. The molecule has 0 aromatic heterocycles. The number of fused-ring (bicyclic) bond motifs is 2. The van der Waals surface area contributed by atoms with Crippen LogP contribution in [-0.4, -0.2) is 143 Å². The number of carbonyl (C=O) groups is 8. The third kappa shape index (κ3) is 15.3. The molecular weight excluding hydrogens is 1100 g/mol. The second kappa shape index (κ2) is 30.0. The maximum absolute atomic E-state index is 14.7. The molecule has 2 heterocycles. The Morgan fingerprint density at radius 2 is 1.02 bits per heavy atom. The van der Waals surface area contributed by atoms with Gasteiger partial charge in [0.2, 0.25) is 29.5 Å². The lowest BCUT2D eigenvalue weighted by Crippen LogP contribution is -2.57. The van der Waals surface area contributed by atoms with E-state index in [1.54, 1.807) is 31.3 Å². The number of hydrogen-bond donors (Lipinski definition) is 3. The van der Waals surface area contributed by atoms with Crippen LogP contribution in [0.25, 0.3) is 11.1 Å². The van der Waals surface area contributed by atoms with Crippen molar-refractivity contribution < 1.29 is 38.4 Å². The van der Waals surface area contributed by atoms with Gasteiger partial charge >= 0.3 is 0 Å². The van der Waals surface area contributed by atoms with Crippen molar-refractivity contribution in [1.82, 2.24) is 35.6 Å². The second-order valence-electron chi connectivity index (χ2n) is 26.5. The summed E-state index contributed by atoms with van der Waals surface area (Å²) in [5, 5.41) is 9.18. The summed E-state index contributed by atoms with van der Waals surface area (Å²) in [6.07, 6.45) is 17.2. The minimum absolute atomic E-state index is 0.0324. The molecule has 88 heavy (non-hydrogen) atoms. The number of nitrogens with zero attached hydrogens (tertiary/aromatic N) is 4. The number of rotatable bonds is 25. The van der Waals surface area contributed by atoms with E-state index in [0.717, 1.165) is 101 Å². The summed E-state index contributed by atoms with van der Waals surface area (Å²) in [6, 6.07) is 29.5. The summed E-state index contributed by atoms with van der Waals surface area (Å²) >= 11 is 0. The smallest absolute Gasteiger partial charge is 0.251 e. The van der Waals surface area contributed by atoms with E-state index >= 15 is 0 Å². The lowest BCUT2D eigenvalue weighted by atomic mass is 9.76. The van der Waals surface area contributed by atoms with Crippen molar-refractivity contribution in [3.8, 4) is 11.1 Å². The number of amides is 6. The minimum Gasteiger partial charge on any atom is -0.344 e. The van der Waals surface area contributed by atoms with E-state index < -0.39 is 6.04 Å². The number of hydrogen-bond acceptors (Lipinski definition) is 9. The molecule has 10 rings (SSSR count). The third-order valence-corrected chi connectivity index (χ3v) is 21.0. The molecule has 2 saturated heterocycles. The standard InChI is InChI=1S/C73H95N7O8/c1-5-48(2)70(85)76-69(54-20-10-7-11-21-54)73(88)78-39-17-27-61(78)46-79(62-40-56-22-12-13-23-57(56)41-62)67(83)37-36-65(81)53-32-28-50(29-33-53)51-30-34-55(35-31-51)71(86)75-45-68(84)80(63-42-58-24-14-15-25-59(58)43-63)47-60-26-16-38-77(60)72(87)64(44-66(82)49(3)74-4)52-18-8-6-9-19-52/h12-15,22-25,28-35,48-49,52,54,60-64,69,74H,5-11,16-21,26-27,36-47H2,1-4H3,(H,75,86)(H,76,85)/t48-,49+,60+,61+,64+,69+/m1/s1. The maximum atomic E-state index is 14.7. The number of ketones is 2. The van der Waals surface area contributed by atoms with Crippen LogP contribution in [-0.2, 0) is 54.5 Å². The van der Waals surface area contributed by atoms with Crippen LogP contribution in [0.5, 0.6) is 0 Å². The van der Waals surface area contributed by atoms with Gasteiger partial charge in [-0.15, -0.1) is 0 Å². The third-order valence-electron chi connectivity index (χ3n) is 21.0. The van der Waals surface area contributed by atoms with Gasteiger partial charge in [-0.25, -0.2) is 0 Å². The highest BCUT2D eigenvalue weighted by molar-refractivity contribution is 5.99. The number of likely N-dealkylation sites (tertiary alicyclic amines) is 2. The fourth-order valence-corrected chi connectivity index (χ4v) is 15.3. The zero-order valence-corrected chi connectivity index (χ0v) is 52.7. The van der Waals surface area contributed by atoms with Gasteiger partial charge in [-0.2, -0.15) is 0 Å². The molecule has 6 atom stereocenters. The van der Waals surface area contributed by atoms with Gasteiger partial charge in [-0.05, 0) is 155 Å². The van der Waals surface area contributed by atoms with Crippen molar-refractivity contribution >= 4 is 47.0 Å². The molecule has 15 heteroatoms. The lowest BCUT2D eigenvalue weighted by molar-refractivity contribution is -0.143. The fourth-order valence-electron chi connectivity index (χ4n) is 15.3. The van der Waals surface area contributed by atoms with E-state index in [-0.39, 0.29) is 127 Å². The molecule has 4 aromatic rings. The zero-order valence-electron chi connectivity index (χ0n) is 52.7. The van der Waals surface area contributed by atoms with Crippen molar-refractivity contribution in [3.05, 3.63) is 130 Å². The molecule has 4 aromatic carbocycles. The number of likely N-dealkylation sites (N-methyl/N-ethyl adjacent to an activating group) is 1. The van der Waals surface area contributed by atoms with E-state index in [2.05, 4.69) is 40.2 Å². The van der Waals surface area contributed by atoms with Crippen LogP contribution in [0.1, 0.15) is 179 Å². The van der Waals surface area contributed by atoms with Crippen molar-refractivity contribution in [2.45, 2.75) is 198 Å². The van der Waals surface area contributed by atoms with E-state index in [1.165, 1.54) is 22.3 Å². The Morgan fingerprint density at radius 1 is 0.545 bits per heavy atom. The number of carbonyl (C=O) groups excluding carboxylic acids is 8. The Morgan fingerprint density at radius 3 is 1.52 bits per heavy atom. The highest BCUT2D eigenvalue weighted by Crippen LogP contribution is 2.37. The molecule has 0 spiro atoms. The second-order valence-corrected chi connectivity index (χ2v) is 26.5. The Balaban J connectivity index is 0.756. The van der Waals surface area contributed by atoms with Crippen molar-refractivity contribution in [2.75, 3.05) is 39.8 Å². The van der Waals surface area contributed by atoms with E-state index in [0.29, 0.717) is 69.4 Å². The molecule has 3 N–H and O–H groups in total. The summed E-state index contributed by atoms with van der Waals surface area (Å²) in [6.45, 7) is 7.47. The van der Waals surface area contributed by atoms with Crippen molar-refractivity contribution in [2.24, 2.45) is 23.7 Å². The quantitative estimate of drug-likeness (QED) is 0.0544. The van der Waals surface area contributed by atoms with Gasteiger partial charge in [0, 0.05) is 92.6 Å². The largest absolute Gasteiger partial charge is 0.344 e. The number of Topliss-reactive ketones (excluding diaryl/α,β-unsaturated/α-hetero) is 2. The first-order chi connectivity index (χ1) is 42.7. The Kier molecular flexibility index (Phi) is 21.8. The van der Waals surface area contributed by atoms with Gasteiger partial charge in [-0.3, -0.25) is 38.4 Å². The van der Waals surface area contributed by atoms with Gasteiger partial charge in [0.15, 0.2) is 5.78 Å². The van der Waals surface area contributed by atoms with E-state index in [9.17, 15) is 38.4 Å². The lowest BCUT2D eigenvalue weighted by Gasteiger charge is -2.38. The minimum atomic E-state index is -0.579. The van der Waals surface area contributed by atoms with Gasteiger partial charge < -0.3 is 35.6 Å². The Hall–Kier alpha value is -7.00. The number of nitrogens with one attached hydrogen (secondary N) is 3. The molecule has 4 aliphatic carbocycles. The van der Waals surface area contributed by atoms with Gasteiger partial charge in [0.1, 0.15) is 11.8 Å². The van der Waals surface area contributed by atoms with Crippen LogP contribution in [0.2, 0.25) is 0 Å². The predicted octanol–water partition coefficient (Wildman–Crippen LogP) is 9.90.